The summed E-state index contributed by atoms with van der Waals surface area (Å²) < 4.78 is 15.7. The molecule has 1 saturated carbocycles. The van der Waals surface area contributed by atoms with Crippen molar-refractivity contribution in [3.8, 4) is 29.0 Å². The number of methoxy groups -OCH3 is 3. The van der Waals surface area contributed by atoms with Gasteiger partial charge in [-0.25, -0.2) is 4.98 Å². The average Bonchev–Trinajstić information content (AvgIpc) is 2.52. The molecule has 0 spiro atoms. The van der Waals surface area contributed by atoms with Gasteiger partial charge in [-0.3, -0.25) is 0 Å². The zero-order valence-electron chi connectivity index (χ0n) is 12.9. The molecule has 0 radical (unpaired) electrons. The molecule has 1 aliphatic rings. The lowest BCUT2D eigenvalue weighted by molar-refractivity contribution is 0.352. The van der Waals surface area contributed by atoms with Gasteiger partial charge in [0.2, 0.25) is 11.8 Å². The summed E-state index contributed by atoms with van der Waals surface area (Å²) in [7, 11) is 4.67. The van der Waals surface area contributed by atoms with E-state index < -0.39 is 0 Å². The zero-order chi connectivity index (χ0) is 15.5. The van der Waals surface area contributed by atoms with Gasteiger partial charge in [0.05, 0.1) is 26.9 Å². The van der Waals surface area contributed by atoms with Crippen molar-refractivity contribution in [2.45, 2.75) is 25.2 Å². The Kier molecular flexibility index (Phi) is 4.04. The normalized spacial score (nSPS) is 14.3. The maximum atomic E-state index is 5.33. The summed E-state index contributed by atoms with van der Waals surface area (Å²) in [6.07, 6.45) is 5.17. The molecule has 3 rings (SSSR count). The van der Waals surface area contributed by atoms with Crippen LogP contribution in [0, 0.1) is 0 Å². The topological polar surface area (TPSA) is 79.2 Å². The van der Waals surface area contributed by atoms with Crippen LogP contribution < -0.4 is 14.2 Å². The Hall–Kier alpha value is -2.44. The monoisotopic (exact) mass is 302 g/mol. The van der Waals surface area contributed by atoms with Crippen LogP contribution in [0.5, 0.6) is 17.8 Å². The summed E-state index contributed by atoms with van der Waals surface area (Å²) >= 11 is 0. The van der Waals surface area contributed by atoms with Crippen molar-refractivity contribution in [3.05, 3.63) is 17.8 Å². The smallest absolute Gasteiger partial charge is 0.319 e. The van der Waals surface area contributed by atoms with Crippen molar-refractivity contribution in [2.75, 3.05) is 21.3 Å². The molecule has 1 aliphatic carbocycles. The van der Waals surface area contributed by atoms with Crippen LogP contribution in [-0.4, -0.2) is 41.5 Å². The van der Waals surface area contributed by atoms with Crippen LogP contribution in [0.2, 0.25) is 0 Å². The first-order valence-electron chi connectivity index (χ1n) is 7.13. The third-order valence-electron chi connectivity index (χ3n) is 3.91. The predicted molar refractivity (Wildman–Crippen MR) is 79.3 cm³/mol. The molecule has 1 fully saturated rings. The van der Waals surface area contributed by atoms with Crippen LogP contribution >= 0.6 is 0 Å². The van der Waals surface area contributed by atoms with Gasteiger partial charge in [0.1, 0.15) is 5.69 Å². The third-order valence-corrected chi connectivity index (χ3v) is 3.91. The van der Waals surface area contributed by atoms with E-state index in [1.807, 2.05) is 6.07 Å². The molecule has 116 valence electrons. The first-order chi connectivity index (χ1) is 10.8. The number of nitrogens with zero attached hydrogens (tertiary/aromatic N) is 4. The molecule has 0 unspecified atom stereocenters. The molecule has 2 aromatic heterocycles. The lowest BCUT2D eigenvalue weighted by Crippen LogP contribution is -2.12. The van der Waals surface area contributed by atoms with Crippen molar-refractivity contribution in [1.82, 2.24) is 20.2 Å². The van der Waals surface area contributed by atoms with Crippen molar-refractivity contribution in [2.24, 2.45) is 0 Å². The van der Waals surface area contributed by atoms with Gasteiger partial charge in [0.15, 0.2) is 0 Å². The van der Waals surface area contributed by atoms with E-state index in [9.17, 15) is 0 Å². The highest BCUT2D eigenvalue weighted by Crippen LogP contribution is 2.41. The molecule has 0 atom stereocenters. The molecular weight excluding hydrogens is 284 g/mol. The number of ether oxygens (including phenoxy) is 3. The first kappa shape index (κ1) is 14.5. The van der Waals surface area contributed by atoms with Gasteiger partial charge in [-0.05, 0) is 24.8 Å². The molecule has 22 heavy (non-hydrogen) atoms. The van der Waals surface area contributed by atoms with E-state index in [0.717, 1.165) is 18.4 Å². The SMILES string of the molecule is COc1ncc(-c2cc(C3CCC3)c(OC)nn2)c(OC)n1. The second-order valence-corrected chi connectivity index (χ2v) is 5.10. The average molecular weight is 302 g/mol. The summed E-state index contributed by atoms with van der Waals surface area (Å²) in [4.78, 5) is 8.30. The fraction of sp³-hybridized carbons (Fsp3) is 0.467. The molecule has 0 aromatic carbocycles. The summed E-state index contributed by atoms with van der Waals surface area (Å²) in [6, 6.07) is 2.24. The second-order valence-electron chi connectivity index (χ2n) is 5.10. The number of hydrogen-bond acceptors (Lipinski definition) is 7. The molecule has 2 aromatic rings. The Bertz CT molecular complexity index is 674. The van der Waals surface area contributed by atoms with Gasteiger partial charge < -0.3 is 14.2 Å². The maximum Gasteiger partial charge on any atom is 0.319 e. The minimum absolute atomic E-state index is 0.251. The number of hydrogen-bond donors (Lipinski definition) is 0. The van der Waals surface area contributed by atoms with Gasteiger partial charge >= 0.3 is 6.01 Å². The van der Waals surface area contributed by atoms with Crippen LogP contribution in [0.4, 0.5) is 0 Å². The van der Waals surface area contributed by atoms with E-state index in [2.05, 4.69) is 20.2 Å². The van der Waals surface area contributed by atoms with E-state index in [4.69, 9.17) is 14.2 Å². The van der Waals surface area contributed by atoms with Crippen molar-refractivity contribution < 1.29 is 14.2 Å². The molecule has 0 N–H and O–H groups in total. The third kappa shape index (κ3) is 2.54. The van der Waals surface area contributed by atoms with Gasteiger partial charge in [-0.1, -0.05) is 6.42 Å². The number of rotatable bonds is 5. The predicted octanol–water partition coefficient (Wildman–Crippen LogP) is 2.23. The summed E-state index contributed by atoms with van der Waals surface area (Å²) in [6.45, 7) is 0. The fourth-order valence-corrected chi connectivity index (χ4v) is 2.48. The Morgan fingerprint density at radius 1 is 1.00 bits per heavy atom. The maximum absolute atomic E-state index is 5.33. The lowest BCUT2D eigenvalue weighted by Gasteiger charge is -2.26. The minimum Gasteiger partial charge on any atom is -0.480 e. The van der Waals surface area contributed by atoms with E-state index in [1.165, 1.54) is 13.5 Å². The van der Waals surface area contributed by atoms with Crippen LogP contribution in [-0.2, 0) is 0 Å². The summed E-state index contributed by atoms with van der Waals surface area (Å²) in [5, 5.41) is 8.39. The van der Waals surface area contributed by atoms with Gasteiger partial charge in [-0.2, -0.15) is 4.98 Å². The Morgan fingerprint density at radius 2 is 1.77 bits per heavy atom. The van der Waals surface area contributed by atoms with Crippen molar-refractivity contribution in [3.63, 3.8) is 0 Å². The second kappa shape index (κ2) is 6.13. The molecule has 0 aliphatic heterocycles. The van der Waals surface area contributed by atoms with E-state index >= 15 is 0 Å². The molecule has 7 heteroatoms. The molecule has 0 bridgehead atoms. The Morgan fingerprint density at radius 3 is 2.36 bits per heavy atom. The highest BCUT2D eigenvalue weighted by atomic mass is 16.5. The van der Waals surface area contributed by atoms with Gasteiger partial charge in [0, 0.05) is 11.8 Å². The van der Waals surface area contributed by atoms with Crippen LogP contribution in [0.15, 0.2) is 12.3 Å². The van der Waals surface area contributed by atoms with Crippen molar-refractivity contribution in [1.29, 1.82) is 0 Å². The first-order valence-corrected chi connectivity index (χ1v) is 7.13. The van der Waals surface area contributed by atoms with Crippen LogP contribution in [0.3, 0.4) is 0 Å². The Labute approximate surface area is 128 Å². The number of aromatic nitrogens is 4. The fourth-order valence-electron chi connectivity index (χ4n) is 2.48. The summed E-state index contributed by atoms with van der Waals surface area (Å²) in [5.41, 5.74) is 2.43. The lowest BCUT2D eigenvalue weighted by atomic mass is 9.80. The standard InChI is InChI=1S/C15H18N4O3/c1-20-13-11(8-16-15(17-13)22-3)12-7-10(9-5-4-6-9)14(21-2)19-18-12/h7-9H,4-6H2,1-3H3. The highest BCUT2D eigenvalue weighted by molar-refractivity contribution is 5.65. The molecule has 2 heterocycles. The molecular formula is C15H18N4O3. The van der Waals surface area contributed by atoms with E-state index in [-0.39, 0.29) is 6.01 Å². The summed E-state index contributed by atoms with van der Waals surface area (Å²) in [5.74, 6) is 1.47. The Balaban J connectivity index is 2.04. The van der Waals surface area contributed by atoms with Crippen LogP contribution in [0.1, 0.15) is 30.7 Å². The quantitative estimate of drug-likeness (QED) is 0.837. The zero-order valence-corrected chi connectivity index (χ0v) is 12.9. The molecule has 0 saturated heterocycles. The van der Waals surface area contributed by atoms with Gasteiger partial charge in [-0.15, -0.1) is 10.2 Å². The molecule has 0 amide bonds. The van der Waals surface area contributed by atoms with Gasteiger partial charge in [0.25, 0.3) is 0 Å². The highest BCUT2D eigenvalue weighted by Gasteiger charge is 2.25. The largest absolute Gasteiger partial charge is 0.480 e. The van der Waals surface area contributed by atoms with E-state index in [1.54, 1.807) is 20.4 Å². The van der Waals surface area contributed by atoms with E-state index in [0.29, 0.717) is 28.9 Å². The van der Waals surface area contributed by atoms with Crippen LogP contribution in [0.25, 0.3) is 11.3 Å². The van der Waals surface area contributed by atoms with Crippen molar-refractivity contribution >= 4 is 0 Å². The minimum atomic E-state index is 0.251. The molecule has 7 nitrogen and oxygen atoms in total.